The molecule has 4 N–H and O–H groups in total. The fourth-order valence-electron chi connectivity index (χ4n) is 4.39. The first-order valence-electron chi connectivity index (χ1n) is 14.7. The number of aromatic nitrogens is 3. The largest absolute Gasteiger partial charge is 0.335 e. The third-order valence-corrected chi connectivity index (χ3v) is 11.5. The topological polar surface area (TPSA) is 181 Å². The van der Waals surface area contributed by atoms with Crippen LogP contribution in [-0.2, 0) is 29.6 Å². The second-order valence-electron chi connectivity index (χ2n) is 10.5. The van der Waals surface area contributed by atoms with Crippen LogP contribution in [0.1, 0.15) is 19.9 Å². The van der Waals surface area contributed by atoms with E-state index in [1.54, 1.807) is 29.8 Å². The number of amides is 2. The van der Waals surface area contributed by atoms with Crippen LogP contribution in [0.15, 0.2) is 118 Å². The Labute approximate surface area is 301 Å². The lowest BCUT2D eigenvalue weighted by atomic mass is 10.2. The molecule has 50 heavy (non-hydrogen) atoms. The third-order valence-electron chi connectivity index (χ3n) is 6.96. The van der Waals surface area contributed by atoms with Crippen molar-refractivity contribution in [2.24, 2.45) is 0 Å². The molecule has 0 aliphatic heterocycles. The molecule has 0 saturated heterocycles. The normalized spacial score (nSPS) is 12.6. The summed E-state index contributed by atoms with van der Waals surface area (Å²) in [6.07, 6.45) is 4.92. The molecule has 6 aromatic rings. The summed E-state index contributed by atoms with van der Waals surface area (Å²) in [5, 5.41) is 9.75. The molecule has 3 heterocycles. The molecular formula is C32H30ClN7O6S4. The van der Waals surface area contributed by atoms with Crippen molar-refractivity contribution in [1.82, 2.24) is 14.5 Å². The van der Waals surface area contributed by atoms with Crippen LogP contribution in [-0.4, -0.2) is 48.6 Å². The van der Waals surface area contributed by atoms with Gasteiger partial charge in [0.25, 0.3) is 20.0 Å². The second-order valence-corrected chi connectivity index (χ2v) is 16.3. The van der Waals surface area contributed by atoms with Gasteiger partial charge in [-0.05, 0) is 79.9 Å². The van der Waals surface area contributed by atoms with E-state index in [2.05, 4.69) is 30.0 Å². The summed E-state index contributed by atoms with van der Waals surface area (Å²) < 4.78 is 55.6. The van der Waals surface area contributed by atoms with Crippen LogP contribution in [0.5, 0.6) is 0 Å². The highest BCUT2D eigenvalue weighted by Gasteiger charge is 2.19. The van der Waals surface area contributed by atoms with Crippen LogP contribution in [0.3, 0.4) is 0 Å². The predicted molar refractivity (Wildman–Crippen MR) is 198 cm³/mol. The molecule has 3 aromatic heterocycles. The molecule has 0 aliphatic carbocycles. The lowest BCUT2D eigenvalue weighted by Crippen LogP contribution is -2.23. The number of benzene rings is 3. The Morgan fingerprint density at radius 3 is 1.64 bits per heavy atom. The first-order chi connectivity index (χ1) is 23.8. The Morgan fingerprint density at radius 2 is 1.18 bits per heavy atom. The van der Waals surface area contributed by atoms with Crippen molar-refractivity contribution in [3.8, 4) is 0 Å². The quantitative estimate of drug-likeness (QED) is 0.106. The Kier molecular flexibility index (Phi) is 11.5. The van der Waals surface area contributed by atoms with Crippen LogP contribution < -0.4 is 20.1 Å². The number of para-hydroxylation sites is 1. The third kappa shape index (κ3) is 9.25. The number of fused-ring (bicyclic) bond motifs is 1. The molecule has 2 amide bonds. The molecule has 6 rings (SSSR count). The average Bonchev–Trinajstić information content (AvgIpc) is 3.88. The number of halogens is 1. The monoisotopic (exact) mass is 771 g/mol. The summed E-state index contributed by atoms with van der Waals surface area (Å²) in [7, 11) is -7.41. The van der Waals surface area contributed by atoms with Gasteiger partial charge >= 0.3 is 0 Å². The van der Waals surface area contributed by atoms with Crippen LogP contribution in [0.4, 0.5) is 21.6 Å². The average molecular weight is 772 g/mol. The zero-order valence-electron chi connectivity index (χ0n) is 26.3. The van der Waals surface area contributed by atoms with Gasteiger partial charge in [-0.15, -0.1) is 34.3 Å². The van der Waals surface area contributed by atoms with Crippen molar-refractivity contribution < 1.29 is 26.4 Å². The van der Waals surface area contributed by atoms with Crippen LogP contribution >= 0.6 is 34.3 Å². The van der Waals surface area contributed by atoms with Gasteiger partial charge in [-0.25, -0.2) is 26.8 Å². The van der Waals surface area contributed by atoms with E-state index in [0.717, 1.165) is 10.9 Å². The Morgan fingerprint density at radius 1 is 0.700 bits per heavy atom. The van der Waals surface area contributed by atoms with Gasteiger partial charge in [0.05, 0.1) is 9.79 Å². The minimum absolute atomic E-state index is 0.0784. The molecule has 2 unspecified atom stereocenters. The highest BCUT2D eigenvalue weighted by Crippen LogP contribution is 2.23. The molecule has 0 saturated carbocycles. The number of rotatable bonds is 11. The SMILES string of the molecule is CC(C(=O)Nc1ccc(S(=O)(=O)Nc2nccs2)cc1)n1ccc2ccccc21.CC(Cl)C(=O)Nc1ccc(S(=O)(=O)Nc2nccs2)cc1. The lowest BCUT2D eigenvalue weighted by Gasteiger charge is -2.15. The van der Waals surface area contributed by atoms with E-state index in [9.17, 15) is 26.4 Å². The van der Waals surface area contributed by atoms with E-state index in [0.29, 0.717) is 21.6 Å². The van der Waals surface area contributed by atoms with Crippen LogP contribution in [0.2, 0.25) is 0 Å². The lowest BCUT2D eigenvalue weighted by molar-refractivity contribution is -0.118. The van der Waals surface area contributed by atoms with Crippen molar-refractivity contribution in [1.29, 1.82) is 0 Å². The highest BCUT2D eigenvalue weighted by atomic mass is 35.5. The molecule has 13 nitrogen and oxygen atoms in total. The maximum absolute atomic E-state index is 12.7. The minimum Gasteiger partial charge on any atom is -0.335 e. The van der Waals surface area contributed by atoms with Crippen LogP contribution in [0.25, 0.3) is 10.9 Å². The summed E-state index contributed by atoms with van der Waals surface area (Å²) in [5.41, 5.74) is 1.97. The van der Waals surface area contributed by atoms with Gasteiger partial charge in [0, 0.05) is 46.2 Å². The molecule has 0 aliphatic rings. The van der Waals surface area contributed by atoms with E-state index in [4.69, 9.17) is 11.6 Å². The van der Waals surface area contributed by atoms with E-state index in [1.165, 1.54) is 71.5 Å². The number of thiazole rings is 2. The van der Waals surface area contributed by atoms with Gasteiger partial charge < -0.3 is 15.2 Å². The maximum Gasteiger partial charge on any atom is 0.263 e. The van der Waals surface area contributed by atoms with Gasteiger partial charge in [0.15, 0.2) is 10.3 Å². The van der Waals surface area contributed by atoms with Crippen LogP contribution in [0, 0.1) is 0 Å². The summed E-state index contributed by atoms with van der Waals surface area (Å²) in [6, 6.07) is 21.2. The van der Waals surface area contributed by atoms with E-state index < -0.39 is 31.5 Å². The maximum atomic E-state index is 12.7. The molecule has 0 fully saturated rings. The fraction of sp³-hybridized carbons (Fsp3) is 0.125. The number of anilines is 4. The summed E-state index contributed by atoms with van der Waals surface area (Å²) in [6.45, 7) is 3.37. The van der Waals surface area contributed by atoms with E-state index in [1.807, 2.05) is 48.0 Å². The summed E-state index contributed by atoms with van der Waals surface area (Å²) in [4.78, 5) is 32.1. The standard InChI is InChI=1S/C20H18N4O3S2.C12H12ClN3O3S2/c1-14(24-12-10-15-4-2-3-5-18(15)24)19(25)22-16-6-8-17(9-7-16)29(26,27)23-20-21-11-13-28-20;1-8(13)11(17)15-9-2-4-10(5-3-9)21(18,19)16-12-14-6-7-20-12/h2-14H,1H3,(H,21,23)(H,22,25);2-8H,1H3,(H,14,16)(H,15,17). The molecule has 2 atom stereocenters. The highest BCUT2D eigenvalue weighted by molar-refractivity contribution is 7.93. The van der Waals surface area contributed by atoms with Crippen molar-refractivity contribution in [3.63, 3.8) is 0 Å². The van der Waals surface area contributed by atoms with Crippen molar-refractivity contribution in [3.05, 3.63) is 108 Å². The smallest absolute Gasteiger partial charge is 0.263 e. The molecular weight excluding hydrogens is 742 g/mol. The number of hydrogen-bond acceptors (Lipinski definition) is 10. The number of nitrogens with one attached hydrogen (secondary N) is 4. The summed E-state index contributed by atoms with van der Waals surface area (Å²) >= 11 is 8.02. The zero-order chi connectivity index (χ0) is 35.9. The Hall–Kier alpha value is -4.81. The number of nitrogens with zero attached hydrogens (tertiary/aromatic N) is 3. The summed E-state index contributed by atoms with van der Waals surface area (Å²) in [5.74, 6) is -0.545. The number of carbonyl (C=O) groups is 2. The second kappa shape index (κ2) is 15.8. The Balaban J connectivity index is 0.000000205. The molecule has 0 bridgehead atoms. The minimum atomic E-state index is -3.72. The van der Waals surface area contributed by atoms with Gasteiger partial charge in [-0.3, -0.25) is 19.0 Å². The number of alkyl halides is 1. The van der Waals surface area contributed by atoms with Gasteiger partial charge in [0.1, 0.15) is 11.4 Å². The zero-order valence-corrected chi connectivity index (χ0v) is 30.4. The molecule has 260 valence electrons. The predicted octanol–water partition coefficient (Wildman–Crippen LogP) is 6.61. The van der Waals surface area contributed by atoms with E-state index in [-0.39, 0.29) is 21.6 Å². The fourth-order valence-corrected chi connectivity index (χ4v) is 8.02. The van der Waals surface area contributed by atoms with Gasteiger partial charge in [0.2, 0.25) is 11.8 Å². The molecule has 0 radical (unpaired) electrons. The van der Waals surface area contributed by atoms with Gasteiger partial charge in [-0.1, -0.05) is 18.2 Å². The molecule has 3 aromatic carbocycles. The Bertz CT molecular complexity index is 2280. The van der Waals surface area contributed by atoms with Gasteiger partial charge in [-0.2, -0.15) is 0 Å². The van der Waals surface area contributed by atoms with Crippen molar-refractivity contribution in [2.75, 3.05) is 20.1 Å². The first-order valence-corrected chi connectivity index (χ1v) is 19.8. The number of sulfonamides is 2. The molecule has 18 heteroatoms. The number of hydrogen-bond donors (Lipinski definition) is 4. The number of carbonyl (C=O) groups excluding carboxylic acids is 2. The molecule has 0 spiro atoms. The van der Waals surface area contributed by atoms with Crippen molar-refractivity contribution >= 4 is 98.7 Å². The van der Waals surface area contributed by atoms with Crippen molar-refractivity contribution in [2.45, 2.75) is 35.1 Å². The first kappa shape index (κ1) is 36.5. The van der Waals surface area contributed by atoms with E-state index >= 15 is 0 Å².